The third-order valence-corrected chi connectivity index (χ3v) is 3.87. The van der Waals surface area contributed by atoms with Crippen LogP contribution >= 0.6 is 11.3 Å². The molecule has 0 fully saturated rings. The predicted octanol–water partition coefficient (Wildman–Crippen LogP) is 3.02. The molecule has 112 valence electrons. The lowest BCUT2D eigenvalue weighted by molar-refractivity contribution is -0.142. The van der Waals surface area contributed by atoms with Gasteiger partial charge in [0.1, 0.15) is 5.82 Å². The molecule has 0 unspecified atom stereocenters. The first kappa shape index (κ1) is 15.4. The molecule has 0 aliphatic rings. The molecule has 4 nitrogen and oxygen atoms in total. The van der Waals surface area contributed by atoms with E-state index < -0.39 is 0 Å². The van der Waals surface area contributed by atoms with E-state index in [2.05, 4.69) is 4.98 Å². The normalized spacial score (nSPS) is 10.4. The van der Waals surface area contributed by atoms with E-state index in [9.17, 15) is 9.18 Å². The van der Waals surface area contributed by atoms with E-state index in [0.29, 0.717) is 24.4 Å². The number of nitrogens with zero attached hydrogens (tertiary/aromatic N) is 2. The molecule has 0 saturated carbocycles. The van der Waals surface area contributed by atoms with Crippen LogP contribution in [0.1, 0.15) is 18.2 Å². The van der Waals surface area contributed by atoms with Gasteiger partial charge in [-0.2, -0.15) is 0 Å². The second-order valence-corrected chi connectivity index (χ2v) is 5.39. The molecule has 0 saturated heterocycles. The fraction of sp³-hybridized carbons (Fsp3) is 0.333. The van der Waals surface area contributed by atoms with Gasteiger partial charge < -0.3 is 9.64 Å². The average molecular weight is 308 g/mol. The number of carbonyl (C=O) groups is 1. The van der Waals surface area contributed by atoms with E-state index in [4.69, 9.17) is 4.74 Å². The highest BCUT2D eigenvalue weighted by molar-refractivity contribution is 7.13. The van der Waals surface area contributed by atoms with Crippen molar-refractivity contribution in [2.24, 2.45) is 0 Å². The predicted molar refractivity (Wildman–Crippen MR) is 81.0 cm³/mol. The summed E-state index contributed by atoms with van der Waals surface area (Å²) >= 11 is 1.43. The first-order valence-corrected chi connectivity index (χ1v) is 7.52. The molecule has 6 heteroatoms. The van der Waals surface area contributed by atoms with Crippen LogP contribution < -0.4 is 4.90 Å². The number of ether oxygens (including phenoxy) is 1. The first-order valence-electron chi connectivity index (χ1n) is 6.64. The third kappa shape index (κ3) is 4.26. The molecule has 0 N–H and O–H groups in total. The van der Waals surface area contributed by atoms with E-state index in [1.807, 2.05) is 17.3 Å². The van der Waals surface area contributed by atoms with Crippen LogP contribution in [0.15, 0.2) is 29.6 Å². The van der Waals surface area contributed by atoms with Gasteiger partial charge in [0.25, 0.3) is 0 Å². The zero-order valence-corrected chi connectivity index (χ0v) is 12.8. The minimum Gasteiger partial charge on any atom is -0.466 e. The van der Waals surface area contributed by atoms with Gasteiger partial charge in [-0.25, -0.2) is 9.37 Å². The van der Waals surface area contributed by atoms with Gasteiger partial charge in [-0.15, -0.1) is 11.3 Å². The van der Waals surface area contributed by atoms with E-state index >= 15 is 0 Å². The number of carbonyl (C=O) groups excluding carboxylic acids is 1. The molecule has 0 radical (unpaired) electrons. The van der Waals surface area contributed by atoms with E-state index in [-0.39, 0.29) is 18.2 Å². The monoisotopic (exact) mass is 308 g/mol. The Hall–Kier alpha value is -1.95. The summed E-state index contributed by atoms with van der Waals surface area (Å²) < 4.78 is 18.5. The lowest BCUT2D eigenvalue weighted by Crippen LogP contribution is -2.17. The van der Waals surface area contributed by atoms with Crippen molar-refractivity contribution in [1.29, 1.82) is 0 Å². The minimum atomic E-state index is -0.286. The highest BCUT2D eigenvalue weighted by Gasteiger charge is 2.12. The molecule has 1 aromatic carbocycles. The second kappa shape index (κ2) is 7.17. The summed E-state index contributed by atoms with van der Waals surface area (Å²) in [5, 5.41) is 2.57. The summed E-state index contributed by atoms with van der Waals surface area (Å²) in [4.78, 5) is 17.6. The maximum atomic E-state index is 13.6. The van der Waals surface area contributed by atoms with Crippen LogP contribution in [0.2, 0.25) is 0 Å². The summed E-state index contributed by atoms with van der Waals surface area (Å²) in [6.07, 6.45) is 0.165. The van der Waals surface area contributed by atoms with E-state index in [1.54, 1.807) is 25.1 Å². The number of benzene rings is 1. The van der Waals surface area contributed by atoms with E-state index in [0.717, 1.165) is 5.13 Å². The molecule has 0 aliphatic heterocycles. The number of thiazole rings is 1. The van der Waals surface area contributed by atoms with Crippen LogP contribution in [-0.2, 0) is 22.5 Å². The van der Waals surface area contributed by atoms with Crippen LogP contribution in [0, 0.1) is 5.82 Å². The minimum absolute atomic E-state index is 0.165. The molecular formula is C15H17FN2O2S. The lowest BCUT2D eigenvalue weighted by atomic mass is 10.2. The molecule has 0 aliphatic carbocycles. The topological polar surface area (TPSA) is 42.4 Å². The molecule has 0 amide bonds. The quantitative estimate of drug-likeness (QED) is 0.769. The fourth-order valence-electron chi connectivity index (χ4n) is 1.86. The van der Waals surface area contributed by atoms with Crippen molar-refractivity contribution in [2.45, 2.75) is 19.9 Å². The van der Waals surface area contributed by atoms with Crippen LogP contribution in [0.5, 0.6) is 0 Å². The Morgan fingerprint density at radius 1 is 1.43 bits per heavy atom. The maximum absolute atomic E-state index is 13.6. The molecule has 1 heterocycles. The van der Waals surface area contributed by atoms with Crippen LogP contribution in [-0.4, -0.2) is 24.6 Å². The second-order valence-electron chi connectivity index (χ2n) is 4.55. The Kier molecular flexibility index (Phi) is 5.27. The van der Waals surface area contributed by atoms with Gasteiger partial charge in [0.15, 0.2) is 5.13 Å². The summed E-state index contributed by atoms with van der Waals surface area (Å²) in [6.45, 7) is 2.56. The van der Waals surface area contributed by atoms with Gasteiger partial charge in [-0.3, -0.25) is 4.79 Å². The van der Waals surface area contributed by atoms with Gasteiger partial charge >= 0.3 is 5.97 Å². The van der Waals surface area contributed by atoms with E-state index in [1.165, 1.54) is 17.4 Å². The number of aromatic nitrogens is 1. The Bertz CT molecular complexity index is 615. The summed E-state index contributed by atoms with van der Waals surface area (Å²) in [7, 11) is 1.85. The Labute approximate surface area is 127 Å². The molecule has 0 bridgehead atoms. The van der Waals surface area contributed by atoms with Crippen molar-refractivity contribution in [2.75, 3.05) is 18.6 Å². The molecular weight excluding hydrogens is 291 g/mol. The SMILES string of the molecule is CCOC(=O)Cc1csc(N(C)Cc2ccccc2F)n1. The molecule has 0 spiro atoms. The van der Waals surface area contributed by atoms with Crippen LogP contribution in [0.25, 0.3) is 0 Å². The zero-order valence-electron chi connectivity index (χ0n) is 12.0. The largest absolute Gasteiger partial charge is 0.466 e. The van der Waals surface area contributed by atoms with Crippen LogP contribution in [0.4, 0.5) is 9.52 Å². The Morgan fingerprint density at radius 2 is 2.19 bits per heavy atom. The summed E-state index contributed by atoms with van der Waals surface area (Å²) in [6, 6.07) is 6.66. The number of esters is 1. The van der Waals surface area contributed by atoms with Crippen molar-refractivity contribution in [1.82, 2.24) is 4.98 Å². The number of rotatable bonds is 6. The zero-order chi connectivity index (χ0) is 15.2. The highest BCUT2D eigenvalue weighted by atomic mass is 32.1. The summed E-state index contributed by atoms with van der Waals surface area (Å²) in [5.41, 5.74) is 1.29. The Morgan fingerprint density at radius 3 is 2.90 bits per heavy atom. The van der Waals surface area contributed by atoms with Gasteiger partial charge in [-0.05, 0) is 13.0 Å². The first-order chi connectivity index (χ1) is 10.1. The number of halogens is 1. The van der Waals surface area contributed by atoms with Crippen LogP contribution in [0.3, 0.4) is 0 Å². The highest BCUT2D eigenvalue weighted by Crippen LogP contribution is 2.22. The number of anilines is 1. The number of hydrogen-bond acceptors (Lipinski definition) is 5. The smallest absolute Gasteiger partial charge is 0.311 e. The van der Waals surface area contributed by atoms with Gasteiger partial charge in [0.2, 0.25) is 0 Å². The van der Waals surface area contributed by atoms with Gasteiger partial charge in [0.05, 0.1) is 18.7 Å². The molecule has 2 aromatic rings. The van der Waals surface area contributed by atoms with Crippen molar-refractivity contribution in [3.05, 3.63) is 46.7 Å². The molecule has 21 heavy (non-hydrogen) atoms. The standard InChI is InChI=1S/C15H17FN2O2S/c1-3-20-14(19)8-12-10-21-15(17-12)18(2)9-11-6-4-5-7-13(11)16/h4-7,10H,3,8-9H2,1-2H3. The van der Waals surface area contributed by atoms with Crippen molar-refractivity contribution < 1.29 is 13.9 Å². The van der Waals surface area contributed by atoms with Gasteiger partial charge in [0, 0.05) is 24.5 Å². The van der Waals surface area contributed by atoms with Crippen molar-refractivity contribution in [3.63, 3.8) is 0 Å². The van der Waals surface area contributed by atoms with Crippen molar-refractivity contribution >= 4 is 22.4 Å². The summed E-state index contributed by atoms with van der Waals surface area (Å²) in [5.74, 6) is -0.515. The fourth-order valence-corrected chi connectivity index (χ4v) is 2.65. The molecule has 2 rings (SSSR count). The Balaban J connectivity index is 2.00. The average Bonchev–Trinajstić information content (AvgIpc) is 2.90. The molecule has 0 atom stereocenters. The number of hydrogen-bond donors (Lipinski definition) is 0. The van der Waals surface area contributed by atoms with Crippen molar-refractivity contribution in [3.8, 4) is 0 Å². The lowest BCUT2D eigenvalue weighted by Gasteiger charge is -2.16. The van der Waals surface area contributed by atoms with Gasteiger partial charge in [-0.1, -0.05) is 18.2 Å². The molecule has 1 aromatic heterocycles. The maximum Gasteiger partial charge on any atom is 0.311 e. The third-order valence-electron chi connectivity index (χ3n) is 2.86.